The molecule has 0 spiro atoms. The fourth-order valence-corrected chi connectivity index (χ4v) is 3.07. The summed E-state index contributed by atoms with van der Waals surface area (Å²) >= 11 is 0. The number of anilines is 1. The largest absolute Gasteiger partial charge is 0.481 e. The molecule has 0 bridgehead atoms. The normalized spacial score (nSPS) is 17.2. The average molecular weight is 351 g/mol. The van der Waals surface area contributed by atoms with Crippen LogP contribution in [0, 0.1) is 5.92 Å². The molecule has 1 aliphatic heterocycles. The Labute approximate surface area is 149 Å². The van der Waals surface area contributed by atoms with E-state index in [9.17, 15) is 9.90 Å². The topological polar surface area (TPSA) is 105 Å². The van der Waals surface area contributed by atoms with Crippen LogP contribution in [0.5, 0.6) is 0 Å². The third-order valence-corrected chi connectivity index (χ3v) is 4.45. The molecular weight excluding hydrogens is 334 g/mol. The van der Waals surface area contributed by atoms with Gasteiger partial charge in [-0.1, -0.05) is 5.16 Å². The van der Waals surface area contributed by atoms with Crippen molar-refractivity contribution < 1.29 is 14.4 Å². The van der Waals surface area contributed by atoms with E-state index in [-0.39, 0.29) is 5.92 Å². The maximum absolute atomic E-state index is 11.3. The van der Waals surface area contributed by atoms with Crippen molar-refractivity contribution >= 4 is 11.8 Å². The van der Waals surface area contributed by atoms with Crippen molar-refractivity contribution in [3.8, 4) is 22.8 Å². The van der Waals surface area contributed by atoms with Crippen LogP contribution in [0.2, 0.25) is 0 Å². The Morgan fingerprint density at radius 1 is 1.19 bits per heavy atom. The molecule has 132 valence electrons. The van der Waals surface area contributed by atoms with Gasteiger partial charge in [0.1, 0.15) is 5.82 Å². The molecule has 1 saturated heterocycles. The Morgan fingerprint density at radius 3 is 2.81 bits per heavy atom. The van der Waals surface area contributed by atoms with Gasteiger partial charge in [0.15, 0.2) is 0 Å². The Kier molecular flexibility index (Phi) is 4.30. The fraction of sp³-hybridized carbons (Fsp3) is 0.278. The molecule has 4 heterocycles. The third kappa shape index (κ3) is 3.26. The molecule has 0 radical (unpaired) electrons. The molecule has 1 N–H and O–H groups in total. The lowest BCUT2D eigenvalue weighted by Gasteiger charge is -2.31. The highest BCUT2D eigenvalue weighted by Gasteiger charge is 2.26. The molecule has 0 amide bonds. The first-order chi connectivity index (χ1) is 12.7. The van der Waals surface area contributed by atoms with E-state index in [1.165, 1.54) is 0 Å². The summed E-state index contributed by atoms with van der Waals surface area (Å²) in [6.07, 6.45) is 6.54. The zero-order chi connectivity index (χ0) is 17.9. The smallest absolute Gasteiger partial charge is 0.308 e. The van der Waals surface area contributed by atoms with Gasteiger partial charge in [0, 0.05) is 42.8 Å². The number of rotatable bonds is 4. The Balaban J connectivity index is 1.58. The first kappa shape index (κ1) is 16.2. The molecule has 1 atom stereocenters. The maximum Gasteiger partial charge on any atom is 0.308 e. The predicted molar refractivity (Wildman–Crippen MR) is 93.3 cm³/mol. The van der Waals surface area contributed by atoms with Crippen molar-refractivity contribution in [3.63, 3.8) is 0 Å². The van der Waals surface area contributed by atoms with Gasteiger partial charge in [0.2, 0.25) is 5.82 Å². The van der Waals surface area contributed by atoms with Crippen molar-refractivity contribution in [1.82, 2.24) is 20.1 Å². The van der Waals surface area contributed by atoms with Crippen LogP contribution >= 0.6 is 0 Å². The van der Waals surface area contributed by atoms with Gasteiger partial charge in [-0.15, -0.1) is 0 Å². The summed E-state index contributed by atoms with van der Waals surface area (Å²) in [5.74, 6) is 0.481. The number of piperidine rings is 1. The van der Waals surface area contributed by atoms with Crippen LogP contribution < -0.4 is 4.90 Å². The maximum atomic E-state index is 11.3. The van der Waals surface area contributed by atoms with E-state index < -0.39 is 5.97 Å². The zero-order valence-electron chi connectivity index (χ0n) is 13.9. The van der Waals surface area contributed by atoms with Gasteiger partial charge in [0.25, 0.3) is 5.89 Å². The standard InChI is InChI=1S/C18H17N5O3/c24-18(25)14-2-1-9-23(11-14)15-10-13(5-8-20-15)17-21-16(22-26-17)12-3-6-19-7-4-12/h3-8,10,14H,1-2,9,11H2,(H,24,25). The van der Waals surface area contributed by atoms with Gasteiger partial charge in [-0.3, -0.25) is 9.78 Å². The number of aromatic nitrogens is 4. The lowest BCUT2D eigenvalue weighted by atomic mass is 9.98. The second kappa shape index (κ2) is 6.91. The summed E-state index contributed by atoms with van der Waals surface area (Å²) in [7, 11) is 0. The van der Waals surface area contributed by atoms with Crippen LogP contribution in [-0.4, -0.2) is 44.3 Å². The van der Waals surface area contributed by atoms with E-state index >= 15 is 0 Å². The SMILES string of the molecule is O=C(O)C1CCCN(c2cc(-c3nc(-c4ccncc4)no3)ccn2)C1. The molecule has 1 aliphatic rings. The molecule has 0 aliphatic carbocycles. The van der Waals surface area contributed by atoms with Crippen molar-refractivity contribution in [1.29, 1.82) is 0 Å². The average Bonchev–Trinajstić information content (AvgIpc) is 3.19. The molecular formula is C18H17N5O3. The van der Waals surface area contributed by atoms with Crippen molar-refractivity contribution in [2.24, 2.45) is 5.92 Å². The molecule has 8 heteroatoms. The van der Waals surface area contributed by atoms with E-state index in [0.717, 1.165) is 29.9 Å². The monoisotopic (exact) mass is 351 g/mol. The third-order valence-electron chi connectivity index (χ3n) is 4.45. The summed E-state index contributed by atoms with van der Waals surface area (Å²) in [4.78, 5) is 26.1. The summed E-state index contributed by atoms with van der Waals surface area (Å²) in [5.41, 5.74) is 1.57. The van der Waals surface area contributed by atoms with E-state index in [1.807, 2.05) is 23.1 Å². The minimum absolute atomic E-state index is 0.365. The predicted octanol–water partition coefficient (Wildman–Crippen LogP) is 2.49. The van der Waals surface area contributed by atoms with Crippen LogP contribution in [0.1, 0.15) is 12.8 Å². The number of aliphatic carboxylic acids is 1. The number of pyridine rings is 2. The zero-order valence-corrected chi connectivity index (χ0v) is 13.9. The molecule has 1 unspecified atom stereocenters. The number of nitrogens with zero attached hydrogens (tertiary/aromatic N) is 5. The summed E-state index contributed by atoms with van der Waals surface area (Å²) in [6, 6.07) is 7.28. The van der Waals surface area contributed by atoms with Crippen LogP contribution in [0.4, 0.5) is 5.82 Å². The van der Waals surface area contributed by atoms with Crippen molar-refractivity contribution in [3.05, 3.63) is 42.9 Å². The Bertz CT molecular complexity index is 912. The van der Waals surface area contributed by atoms with Gasteiger partial charge in [-0.05, 0) is 37.1 Å². The van der Waals surface area contributed by atoms with E-state index in [1.54, 1.807) is 24.7 Å². The minimum Gasteiger partial charge on any atom is -0.481 e. The molecule has 1 fully saturated rings. The Hall–Kier alpha value is -3.29. The lowest BCUT2D eigenvalue weighted by Crippen LogP contribution is -2.39. The van der Waals surface area contributed by atoms with Gasteiger partial charge in [-0.25, -0.2) is 4.98 Å². The van der Waals surface area contributed by atoms with E-state index in [0.29, 0.717) is 24.7 Å². The number of carboxylic acid groups (broad SMARTS) is 1. The number of carbonyl (C=O) groups is 1. The lowest BCUT2D eigenvalue weighted by molar-refractivity contribution is -0.141. The second-order valence-corrected chi connectivity index (χ2v) is 6.19. The van der Waals surface area contributed by atoms with Gasteiger partial charge < -0.3 is 14.5 Å². The highest BCUT2D eigenvalue weighted by molar-refractivity contribution is 5.71. The molecule has 4 rings (SSSR count). The van der Waals surface area contributed by atoms with Crippen LogP contribution in [-0.2, 0) is 4.79 Å². The highest BCUT2D eigenvalue weighted by Crippen LogP contribution is 2.27. The fourth-order valence-electron chi connectivity index (χ4n) is 3.07. The van der Waals surface area contributed by atoms with Gasteiger partial charge in [-0.2, -0.15) is 4.98 Å². The number of hydrogen-bond acceptors (Lipinski definition) is 7. The molecule has 3 aromatic heterocycles. The molecule has 26 heavy (non-hydrogen) atoms. The second-order valence-electron chi connectivity index (χ2n) is 6.19. The molecule has 3 aromatic rings. The highest BCUT2D eigenvalue weighted by atomic mass is 16.5. The summed E-state index contributed by atoms with van der Waals surface area (Å²) in [5, 5.41) is 13.3. The number of hydrogen-bond donors (Lipinski definition) is 1. The van der Waals surface area contributed by atoms with Crippen molar-refractivity contribution in [2.45, 2.75) is 12.8 Å². The first-order valence-electron chi connectivity index (χ1n) is 8.39. The van der Waals surface area contributed by atoms with Crippen LogP contribution in [0.3, 0.4) is 0 Å². The summed E-state index contributed by atoms with van der Waals surface area (Å²) < 4.78 is 5.38. The van der Waals surface area contributed by atoms with Crippen LogP contribution in [0.25, 0.3) is 22.8 Å². The summed E-state index contributed by atoms with van der Waals surface area (Å²) in [6.45, 7) is 1.24. The van der Waals surface area contributed by atoms with E-state index in [4.69, 9.17) is 4.52 Å². The van der Waals surface area contributed by atoms with Gasteiger partial charge >= 0.3 is 5.97 Å². The quantitative estimate of drug-likeness (QED) is 0.764. The molecule has 8 nitrogen and oxygen atoms in total. The van der Waals surface area contributed by atoms with Gasteiger partial charge in [0.05, 0.1) is 5.92 Å². The molecule has 0 saturated carbocycles. The Morgan fingerprint density at radius 2 is 2.00 bits per heavy atom. The minimum atomic E-state index is -0.759. The van der Waals surface area contributed by atoms with E-state index in [2.05, 4.69) is 20.1 Å². The molecule has 0 aromatic carbocycles. The number of carboxylic acids is 1. The van der Waals surface area contributed by atoms with Crippen molar-refractivity contribution in [2.75, 3.05) is 18.0 Å². The first-order valence-corrected chi connectivity index (χ1v) is 8.39. The van der Waals surface area contributed by atoms with Crippen LogP contribution in [0.15, 0.2) is 47.4 Å².